The van der Waals surface area contributed by atoms with Crippen LogP contribution >= 0.6 is 22.9 Å². The lowest BCUT2D eigenvalue weighted by Gasteiger charge is -2.18. The Labute approximate surface area is 176 Å². The molecule has 0 aliphatic carbocycles. The highest BCUT2D eigenvalue weighted by molar-refractivity contribution is 7.07. The van der Waals surface area contributed by atoms with Crippen molar-refractivity contribution in [2.24, 2.45) is 0 Å². The van der Waals surface area contributed by atoms with Gasteiger partial charge in [-0.1, -0.05) is 11.6 Å². The molecule has 3 heterocycles. The van der Waals surface area contributed by atoms with Crippen molar-refractivity contribution >= 4 is 52.2 Å². The zero-order valence-electron chi connectivity index (χ0n) is 15.2. The van der Waals surface area contributed by atoms with Crippen molar-refractivity contribution in [3.05, 3.63) is 80.8 Å². The maximum atomic E-state index is 12.7. The van der Waals surface area contributed by atoms with E-state index in [9.17, 15) is 9.59 Å². The molecule has 2 aromatic heterocycles. The summed E-state index contributed by atoms with van der Waals surface area (Å²) in [6.07, 6.45) is 5.18. The summed E-state index contributed by atoms with van der Waals surface area (Å²) in [7, 11) is 0. The Hall–Kier alpha value is -3.16. The van der Waals surface area contributed by atoms with Crippen LogP contribution in [0.2, 0.25) is 5.02 Å². The average Bonchev–Trinajstić information content (AvgIpc) is 3.27. The Morgan fingerprint density at radius 1 is 1.21 bits per heavy atom. The molecule has 0 saturated heterocycles. The van der Waals surface area contributed by atoms with Crippen LogP contribution in [0, 0.1) is 0 Å². The number of halogens is 1. The van der Waals surface area contributed by atoms with E-state index in [1.54, 1.807) is 48.0 Å². The minimum atomic E-state index is -0.287. The van der Waals surface area contributed by atoms with Gasteiger partial charge in [-0.3, -0.25) is 14.6 Å². The zero-order chi connectivity index (χ0) is 20.2. The van der Waals surface area contributed by atoms with Gasteiger partial charge in [0.15, 0.2) is 0 Å². The van der Waals surface area contributed by atoms with Crippen LogP contribution in [-0.4, -0.2) is 23.3 Å². The summed E-state index contributed by atoms with van der Waals surface area (Å²) in [6, 6.07) is 8.62. The number of pyridine rings is 1. The number of hydrogen-bond acceptors (Lipinski definition) is 5. The minimum absolute atomic E-state index is 0.234. The third kappa shape index (κ3) is 4.47. The fraction of sp³-hybridized carbons (Fsp3) is 0.0952. The number of anilines is 2. The molecule has 3 aromatic rings. The lowest BCUT2D eigenvalue weighted by Crippen LogP contribution is -2.24. The Bertz CT molecular complexity index is 1100. The number of nitrogens with zero attached hydrogens (tertiary/aromatic N) is 1. The summed E-state index contributed by atoms with van der Waals surface area (Å²) in [5.41, 5.74) is 4.17. The first kappa shape index (κ1) is 19.2. The molecule has 0 spiro atoms. The third-order valence-electron chi connectivity index (χ3n) is 4.45. The monoisotopic (exact) mass is 424 g/mol. The average molecular weight is 425 g/mol. The van der Waals surface area contributed by atoms with E-state index in [1.165, 1.54) is 0 Å². The summed E-state index contributed by atoms with van der Waals surface area (Å²) < 4.78 is 0. The molecular formula is C21H17ClN4O2S. The van der Waals surface area contributed by atoms with E-state index in [0.29, 0.717) is 34.9 Å². The molecule has 3 N–H and O–H groups in total. The predicted molar refractivity (Wildman–Crippen MR) is 116 cm³/mol. The molecule has 0 fully saturated rings. The van der Waals surface area contributed by atoms with Crippen LogP contribution in [0.5, 0.6) is 0 Å². The van der Waals surface area contributed by atoms with Gasteiger partial charge in [-0.15, -0.1) is 0 Å². The van der Waals surface area contributed by atoms with Gasteiger partial charge in [0.1, 0.15) is 0 Å². The highest BCUT2D eigenvalue weighted by atomic mass is 35.5. The number of thiophene rings is 1. The Morgan fingerprint density at radius 2 is 2.10 bits per heavy atom. The van der Waals surface area contributed by atoms with Gasteiger partial charge in [0.25, 0.3) is 11.8 Å². The normalized spacial score (nSPS) is 12.4. The van der Waals surface area contributed by atoms with Gasteiger partial charge < -0.3 is 16.0 Å². The number of rotatable bonds is 5. The van der Waals surface area contributed by atoms with Gasteiger partial charge in [0, 0.05) is 47.9 Å². The number of amides is 2. The van der Waals surface area contributed by atoms with Crippen LogP contribution in [-0.2, 0) is 11.3 Å². The molecule has 6 nitrogen and oxygen atoms in total. The smallest absolute Gasteiger partial charge is 0.253 e. The summed E-state index contributed by atoms with van der Waals surface area (Å²) in [4.78, 5) is 29.2. The van der Waals surface area contributed by atoms with Crippen LogP contribution in [0.15, 0.2) is 59.1 Å². The lowest BCUT2D eigenvalue weighted by molar-refractivity contribution is -0.112. The Morgan fingerprint density at radius 3 is 2.93 bits per heavy atom. The molecule has 146 valence electrons. The fourth-order valence-electron chi connectivity index (χ4n) is 2.90. The second-order valence-corrected chi connectivity index (χ2v) is 7.64. The predicted octanol–water partition coefficient (Wildman–Crippen LogP) is 4.17. The molecule has 4 rings (SSSR count). The van der Waals surface area contributed by atoms with Gasteiger partial charge in [0.05, 0.1) is 10.7 Å². The number of hydrogen-bond donors (Lipinski definition) is 3. The van der Waals surface area contributed by atoms with E-state index in [0.717, 1.165) is 16.8 Å². The number of nitrogens with one attached hydrogen (secondary N) is 3. The van der Waals surface area contributed by atoms with Gasteiger partial charge in [-0.2, -0.15) is 11.3 Å². The standard InChI is InChI=1S/C21H17ClN4O2S/c22-17-2-1-14(20(27)25-9-13-4-6-29-12-13)8-19(17)26-21(28)16-7-15-10-23-5-3-18(15)24-11-16/h1-8,10,12,24H,9,11H2,(H,25,27)(H,26,28). The lowest BCUT2D eigenvalue weighted by atomic mass is 10.1. The van der Waals surface area contributed by atoms with Gasteiger partial charge >= 0.3 is 0 Å². The zero-order valence-corrected chi connectivity index (χ0v) is 16.8. The van der Waals surface area contributed by atoms with E-state index in [4.69, 9.17) is 11.6 Å². The highest BCUT2D eigenvalue weighted by Gasteiger charge is 2.17. The first-order chi connectivity index (χ1) is 14.1. The first-order valence-corrected chi connectivity index (χ1v) is 10.2. The molecule has 1 aromatic carbocycles. The molecule has 0 bridgehead atoms. The van der Waals surface area contributed by atoms with Crippen molar-refractivity contribution in [3.8, 4) is 0 Å². The highest BCUT2D eigenvalue weighted by Crippen LogP contribution is 2.26. The second-order valence-electron chi connectivity index (χ2n) is 6.45. The molecule has 29 heavy (non-hydrogen) atoms. The molecule has 0 saturated carbocycles. The minimum Gasteiger partial charge on any atom is -0.380 e. The SMILES string of the molecule is O=C(Nc1cc(C(=O)NCc2ccsc2)ccc1Cl)C1=Cc2cnccc2NC1. The second kappa shape index (κ2) is 8.46. The third-order valence-corrected chi connectivity index (χ3v) is 5.51. The van der Waals surface area contributed by atoms with Crippen LogP contribution in [0.25, 0.3) is 6.08 Å². The molecule has 8 heteroatoms. The summed E-state index contributed by atoms with van der Waals surface area (Å²) in [5, 5.41) is 13.1. The molecule has 1 aliphatic rings. The molecule has 2 amide bonds. The largest absolute Gasteiger partial charge is 0.380 e. The van der Waals surface area contributed by atoms with Crippen molar-refractivity contribution in [1.82, 2.24) is 10.3 Å². The fourth-order valence-corrected chi connectivity index (χ4v) is 3.73. The van der Waals surface area contributed by atoms with E-state index in [1.807, 2.05) is 22.9 Å². The maximum Gasteiger partial charge on any atom is 0.253 e. The molecule has 0 radical (unpaired) electrons. The summed E-state index contributed by atoms with van der Waals surface area (Å²) in [5.74, 6) is -0.522. The van der Waals surface area contributed by atoms with E-state index >= 15 is 0 Å². The van der Waals surface area contributed by atoms with E-state index in [2.05, 4.69) is 20.9 Å². The van der Waals surface area contributed by atoms with Crippen molar-refractivity contribution in [2.45, 2.75) is 6.54 Å². The van der Waals surface area contributed by atoms with Gasteiger partial charge in [0.2, 0.25) is 0 Å². The molecular weight excluding hydrogens is 408 g/mol. The van der Waals surface area contributed by atoms with Crippen molar-refractivity contribution in [1.29, 1.82) is 0 Å². The quantitative estimate of drug-likeness (QED) is 0.574. The van der Waals surface area contributed by atoms with Gasteiger partial charge in [-0.25, -0.2) is 0 Å². The summed E-state index contributed by atoms with van der Waals surface area (Å²) in [6.45, 7) is 0.833. The Balaban J connectivity index is 1.47. The van der Waals surface area contributed by atoms with E-state index < -0.39 is 0 Å². The summed E-state index contributed by atoms with van der Waals surface area (Å²) >= 11 is 7.81. The Kier molecular flexibility index (Phi) is 5.59. The molecule has 1 aliphatic heterocycles. The van der Waals surface area contributed by atoms with Crippen molar-refractivity contribution in [2.75, 3.05) is 17.2 Å². The number of fused-ring (bicyclic) bond motifs is 1. The maximum absolute atomic E-state index is 12.7. The molecule has 0 atom stereocenters. The van der Waals surface area contributed by atoms with Crippen molar-refractivity contribution < 1.29 is 9.59 Å². The van der Waals surface area contributed by atoms with Crippen LogP contribution in [0.1, 0.15) is 21.5 Å². The number of aromatic nitrogens is 1. The van der Waals surface area contributed by atoms with E-state index in [-0.39, 0.29) is 11.8 Å². The first-order valence-electron chi connectivity index (χ1n) is 8.89. The number of carbonyl (C=O) groups is 2. The van der Waals surface area contributed by atoms with Gasteiger partial charge in [-0.05, 0) is 52.7 Å². The molecule has 0 unspecified atom stereocenters. The number of carbonyl (C=O) groups excluding carboxylic acids is 2. The van der Waals surface area contributed by atoms with Crippen LogP contribution in [0.3, 0.4) is 0 Å². The van der Waals surface area contributed by atoms with Crippen molar-refractivity contribution in [3.63, 3.8) is 0 Å². The van der Waals surface area contributed by atoms with Crippen LogP contribution < -0.4 is 16.0 Å². The number of benzene rings is 1. The topological polar surface area (TPSA) is 83.1 Å². The van der Waals surface area contributed by atoms with Crippen LogP contribution in [0.4, 0.5) is 11.4 Å².